The lowest BCUT2D eigenvalue weighted by Crippen LogP contribution is -2.35. The topological polar surface area (TPSA) is 63.7 Å². The zero-order chi connectivity index (χ0) is 23.7. The van der Waals surface area contributed by atoms with E-state index in [0.29, 0.717) is 24.2 Å². The molecule has 0 aliphatic carbocycles. The summed E-state index contributed by atoms with van der Waals surface area (Å²) >= 11 is 0. The largest absolute Gasteiger partial charge is 0.457 e. The normalized spacial score (nSPS) is 15.6. The third-order valence-corrected chi connectivity index (χ3v) is 8.19. The van der Waals surface area contributed by atoms with Gasteiger partial charge in [-0.25, -0.2) is 13.2 Å². The van der Waals surface area contributed by atoms with Crippen molar-refractivity contribution in [3.8, 4) is 0 Å². The third-order valence-electron chi connectivity index (χ3n) is 6.29. The molecule has 1 aliphatic heterocycles. The number of hydrogen-bond acceptors (Lipinski definition) is 4. The standard InChI is InChI=1S/C26H35NO4S/c1-18-10-11-22(32(29,30)27-12-8-7-9-13-27)16-23(18)25(28)31-17-24-19(2)14-21(15-20(24)3)26(4,5)6/h10-11,14-16H,7-9,12-13,17H2,1-6H3. The molecule has 1 fully saturated rings. The molecule has 3 rings (SSSR count). The van der Waals surface area contributed by atoms with E-state index >= 15 is 0 Å². The van der Waals surface area contributed by atoms with E-state index in [9.17, 15) is 13.2 Å². The highest BCUT2D eigenvalue weighted by molar-refractivity contribution is 7.89. The smallest absolute Gasteiger partial charge is 0.338 e. The molecule has 32 heavy (non-hydrogen) atoms. The average molecular weight is 458 g/mol. The van der Waals surface area contributed by atoms with Crippen LogP contribution in [0, 0.1) is 20.8 Å². The van der Waals surface area contributed by atoms with E-state index in [4.69, 9.17) is 4.74 Å². The minimum absolute atomic E-state index is 0.0438. The Hall–Kier alpha value is -2.18. The summed E-state index contributed by atoms with van der Waals surface area (Å²) in [4.78, 5) is 13.1. The van der Waals surface area contributed by atoms with Gasteiger partial charge in [0.25, 0.3) is 0 Å². The highest BCUT2D eigenvalue weighted by atomic mass is 32.2. The van der Waals surface area contributed by atoms with Crippen LogP contribution in [0.5, 0.6) is 0 Å². The summed E-state index contributed by atoms with van der Waals surface area (Å²) in [5, 5.41) is 0. The summed E-state index contributed by atoms with van der Waals surface area (Å²) in [6.45, 7) is 13.6. The Labute approximate surface area is 192 Å². The van der Waals surface area contributed by atoms with Crippen molar-refractivity contribution in [1.82, 2.24) is 4.31 Å². The minimum Gasteiger partial charge on any atom is -0.457 e. The molecular formula is C26H35NO4S. The molecule has 6 heteroatoms. The predicted molar refractivity (Wildman–Crippen MR) is 128 cm³/mol. The molecular weight excluding hydrogens is 422 g/mol. The zero-order valence-corrected chi connectivity index (χ0v) is 20.9. The van der Waals surface area contributed by atoms with Gasteiger partial charge in [-0.05, 0) is 79.0 Å². The van der Waals surface area contributed by atoms with Gasteiger partial charge in [0.15, 0.2) is 0 Å². The van der Waals surface area contributed by atoms with E-state index in [-0.39, 0.29) is 16.9 Å². The molecule has 1 saturated heterocycles. The summed E-state index contributed by atoms with van der Waals surface area (Å²) in [5.74, 6) is -0.503. The lowest BCUT2D eigenvalue weighted by atomic mass is 9.84. The number of ether oxygens (including phenoxy) is 1. The molecule has 1 aliphatic rings. The molecule has 1 heterocycles. The summed E-state index contributed by atoms with van der Waals surface area (Å²) in [6.07, 6.45) is 2.78. The van der Waals surface area contributed by atoms with Crippen molar-refractivity contribution >= 4 is 16.0 Å². The lowest BCUT2D eigenvalue weighted by molar-refractivity contribution is 0.0470. The van der Waals surface area contributed by atoms with Crippen LogP contribution in [0.3, 0.4) is 0 Å². The minimum atomic E-state index is -3.61. The second-order valence-electron chi connectivity index (χ2n) is 9.86. The summed E-state index contributed by atoms with van der Waals surface area (Å²) in [6, 6.07) is 9.02. The zero-order valence-electron chi connectivity index (χ0n) is 20.1. The number of carbonyl (C=O) groups excluding carboxylic acids is 1. The Balaban J connectivity index is 1.81. The number of sulfonamides is 1. The first kappa shape index (κ1) is 24.5. The Morgan fingerprint density at radius 2 is 1.53 bits per heavy atom. The number of carbonyl (C=O) groups is 1. The third kappa shape index (κ3) is 5.24. The van der Waals surface area contributed by atoms with Crippen LogP contribution in [0.4, 0.5) is 0 Å². The van der Waals surface area contributed by atoms with Crippen molar-refractivity contribution in [2.75, 3.05) is 13.1 Å². The molecule has 174 valence electrons. The molecule has 0 bridgehead atoms. The summed E-state index contributed by atoms with van der Waals surface area (Å²) in [7, 11) is -3.61. The number of hydrogen-bond donors (Lipinski definition) is 0. The lowest BCUT2D eigenvalue weighted by Gasteiger charge is -2.26. The first-order chi connectivity index (χ1) is 14.9. The number of esters is 1. The monoisotopic (exact) mass is 457 g/mol. The van der Waals surface area contributed by atoms with E-state index in [1.54, 1.807) is 19.1 Å². The van der Waals surface area contributed by atoms with E-state index in [0.717, 1.165) is 36.0 Å². The highest BCUT2D eigenvalue weighted by Gasteiger charge is 2.27. The fourth-order valence-electron chi connectivity index (χ4n) is 4.11. The fraction of sp³-hybridized carbons (Fsp3) is 0.500. The summed E-state index contributed by atoms with van der Waals surface area (Å²) in [5.41, 5.74) is 5.44. The van der Waals surface area contributed by atoms with Crippen LogP contribution in [-0.4, -0.2) is 31.8 Å². The maximum absolute atomic E-state index is 13.0. The van der Waals surface area contributed by atoms with E-state index in [1.165, 1.54) is 15.9 Å². The quantitative estimate of drug-likeness (QED) is 0.561. The highest BCUT2D eigenvalue weighted by Crippen LogP contribution is 2.28. The molecule has 0 saturated carbocycles. The van der Waals surface area contributed by atoms with Crippen molar-refractivity contribution in [3.63, 3.8) is 0 Å². The van der Waals surface area contributed by atoms with Crippen LogP contribution in [0.2, 0.25) is 0 Å². The molecule has 0 unspecified atom stereocenters. The predicted octanol–water partition coefficient (Wildman–Crippen LogP) is 5.44. The number of aryl methyl sites for hydroxylation is 3. The molecule has 0 atom stereocenters. The average Bonchev–Trinajstić information content (AvgIpc) is 2.73. The van der Waals surface area contributed by atoms with Crippen molar-refractivity contribution in [2.45, 2.75) is 77.7 Å². The number of nitrogens with zero attached hydrogens (tertiary/aromatic N) is 1. The number of benzene rings is 2. The van der Waals surface area contributed by atoms with Gasteiger partial charge in [-0.15, -0.1) is 0 Å². The van der Waals surface area contributed by atoms with Crippen LogP contribution >= 0.6 is 0 Å². The molecule has 0 amide bonds. The Morgan fingerprint density at radius 3 is 2.09 bits per heavy atom. The SMILES string of the molecule is Cc1ccc(S(=O)(=O)N2CCCCC2)cc1C(=O)OCc1c(C)cc(C(C)(C)C)cc1C. The molecule has 5 nitrogen and oxygen atoms in total. The van der Waals surface area contributed by atoms with Gasteiger partial charge >= 0.3 is 5.97 Å². The fourth-order valence-corrected chi connectivity index (χ4v) is 5.65. The second-order valence-corrected chi connectivity index (χ2v) is 11.8. The second kappa shape index (κ2) is 9.36. The van der Waals surface area contributed by atoms with Crippen molar-refractivity contribution in [3.05, 3.63) is 63.7 Å². The van der Waals surface area contributed by atoms with E-state index in [1.807, 2.05) is 13.8 Å². The van der Waals surface area contributed by atoms with Crippen LogP contribution < -0.4 is 0 Å². The molecule has 0 spiro atoms. The van der Waals surface area contributed by atoms with Crippen LogP contribution in [0.25, 0.3) is 0 Å². The van der Waals surface area contributed by atoms with Gasteiger partial charge in [0.1, 0.15) is 6.61 Å². The number of piperidine rings is 1. The molecule has 2 aromatic carbocycles. The maximum atomic E-state index is 13.0. The van der Waals surface area contributed by atoms with Gasteiger partial charge in [-0.1, -0.05) is 45.4 Å². The van der Waals surface area contributed by atoms with Gasteiger partial charge in [-0.2, -0.15) is 4.31 Å². The maximum Gasteiger partial charge on any atom is 0.338 e. The van der Waals surface area contributed by atoms with Crippen LogP contribution in [0.15, 0.2) is 35.2 Å². The number of rotatable bonds is 5. The Bertz CT molecular complexity index is 1080. The van der Waals surface area contributed by atoms with Crippen molar-refractivity contribution in [1.29, 1.82) is 0 Å². The van der Waals surface area contributed by atoms with Crippen LogP contribution in [-0.2, 0) is 26.8 Å². The first-order valence-electron chi connectivity index (χ1n) is 11.3. The van der Waals surface area contributed by atoms with Crippen molar-refractivity contribution < 1.29 is 17.9 Å². The van der Waals surface area contributed by atoms with Gasteiger partial charge in [0.05, 0.1) is 10.5 Å². The van der Waals surface area contributed by atoms with Crippen molar-refractivity contribution in [2.24, 2.45) is 0 Å². The van der Waals surface area contributed by atoms with E-state index < -0.39 is 16.0 Å². The van der Waals surface area contributed by atoms with E-state index in [2.05, 4.69) is 32.9 Å². The molecule has 0 radical (unpaired) electrons. The van der Waals surface area contributed by atoms with Gasteiger partial charge in [0.2, 0.25) is 10.0 Å². The molecule has 0 aromatic heterocycles. The first-order valence-corrected chi connectivity index (χ1v) is 12.7. The van der Waals surface area contributed by atoms with Crippen LogP contribution in [0.1, 0.15) is 78.2 Å². The van der Waals surface area contributed by atoms with Gasteiger partial charge in [0, 0.05) is 13.1 Å². The Morgan fingerprint density at radius 1 is 0.938 bits per heavy atom. The Kier molecular flexibility index (Phi) is 7.15. The van der Waals surface area contributed by atoms with Gasteiger partial charge in [-0.3, -0.25) is 0 Å². The molecule has 0 N–H and O–H groups in total. The molecule has 2 aromatic rings. The summed E-state index contributed by atoms with van der Waals surface area (Å²) < 4.78 is 33.2. The van der Waals surface area contributed by atoms with Gasteiger partial charge < -0.3 is 4.74 Å².